The molecule has 0 aliphatic heterocycles. The van der Waals surface area contributed by atoms with Crippen LogP contribution in [0.25, 0.3) is 0 Å². The molecule has 0 saturated heterocycles. The molecular weight excluding hydrogens is 567 g/mol. The van der Waals surface area contributed by atoms with E-state index in [1.165, 1.54) is 21.2 Å². The van der Waals surface area contributed by atoms with Crippen LogP contribution in [0.15, 0.2) is 133 Å². The predicted molar refractivity (Wildman–Crippen MR) is 167 cm³/mol. The molecule has 0 aliphatic rings. The molecule has 0 saturated carbocycles. The van der Waals surface area contributed by atoms with E-state index in [4.69, 9.17) is 20.4 Å². The van der Waals surface area contributed by atoms with E-state index in [0.717, 1.165) is 0 Å². The van der Waals surface area contributed by atoms with E-state index in [0.29, 0.717) is 12.1 Å². The van der Waals surface area contributed by atoms with E-state index in [2.05, 4.69) is 121 Å². The second-order valence-electron chi connectivity index (χ2n) is 9.38. The van der Waals surface area contributed by atoms with E-state index >= 15 is 0 Å². The summed E-state index contributed by atoms with van der Waals surface area (Å²) in [6, 6.07) is 45.0. The SMILES string of the molecule is O=C(O)c1cc(C(=O)O)c(C(=O)O)cc1C(=O)O.c1ccc([PH](c2ccccc2)(c2ccccc2)c2ccccc2)cc1. The van der Waals surface area contributed by atoms with Gasteiger partial charge in [-0.2, -0.15) is 0 Å². The van der Waals surface area contributed by atoms with Gasteiger partial charge in [-0.1, -0.05) is 0 Å². The van der Waals surface area contributed by atoms with Crippen LogP contribution in [0.1, 0.15) is 41.4 Å². The fraction of sp³-hybridized carbons (Fsp3) is 0. The van der Waals surface area contributed by atoms with Gasteiger partial charge < -0.3 is 20.4 Å². The average molecular weight is 595 g/mol. The fourth-order valence-electron chi connectivity index (χ4n) is 5.06. The Morgan fingerprint density at radius 3 is 0.698 bits per heavy atom. The third-order valence-corrected chi connectivity index (χ3v) is 11.7. The van der Waals surface area contributed by atoms with Gasteiger partial charge in [0.2, 0.25) is 0 Å². The van der Waals surface area contributed by atoms with Crippen LogP contribution in [0, 0.1) is 0 Å². The molecule has 8 nitrogen and oxygen atoms in total. The van der Waals surface area contributed by atoms with E-state index in [1.54, 1.807) is 0 Å². The van der Waals surface area contributed by atoms with Gasteiger partial charge in [0.25, 0.3) is 0 Å². The van der Waals surface area contributed by atoms with Crippen LogP contribution < -0.4 is 21.2 Å². The Labute approximate surface area is 247 Å². The molecule has 0 atom stereocenters. The van der Waals surface area contributed by atoms with Crippen LogP contribution >= 0.6 is 7.26 Å². The Morgan fingerprint density at radius 2 is 0.535 bits per heavy atom. The van der Waals surface area contributed by atoms with Crippen molar-refractivity contribution in [3.8, 4) is 0 Å². The molecule has 0 unspecified atom stereocenters. The van der Waals surface area contributed by atoms with Crippen LogP contribution in [0.4, 0.5) is 0 Å². The van der Waals surface area contributed by atoms with Crippen LogP contribution in [0.3, 0.4) is 0 Å². The molecule has 0 spiro atoms. The van der Waals surface area contributed by atoms with E-state index in [1.807, 2.05) is 0 Å². The Bertz CT molecular complexity index is 1490. The minimum atomic E-state index is -2.30. The number of hydrogen-bond acceptors (Lipinski definition) is 4. The zero-order valence-electron chi connectivity index (χ0n) is 22.6. The third kappa shape index (κ3) is 6.35. The maximum absolute atomic E-state index is 10.8. The van der Waals surface area contributed by atoms with Crippen molar-refractivity contribution in [1.82, 2.24) is 0 Å². The zero-order valence-corrected chi connectivity index (χ0v) is 23.6. The topological polar surface area (TPSA) is 149 Å². The summed E-state index contributed by atoms with van der Waals surface area (Å²) in [4.78, 5) is 43.1. The summed E-state index contributed by atoms with van der Waals surface area (Å²) in [5, 5.41) is 40.6. The third-order valence-electron chi connectivity index (χ3n) is 6.91. The van der Waals surface area contributed by atoms with Gasteiger partial charge in [0.05, 0.1) is 22.3 Å². The molecule has 0 amide bonds. The molecule has 0 aliphatic carbocycles. The van der Waals surface area contributed by atoms with Crippen molar-refractivity contribution in [2.45, 2.75) is 0 Å². The summed E-state index contributed by atoms with van der Waals surface area (Å²) in [6.45, 7) is 0. The first-order valence-corrected chi connectivity index (χ1v) is 15.0. The summed E-state index contributed by atoms with van der Waals surface area (Å²) in [6.07, 6.45) is 0. The second kappa shape index (κ2) is 13.4. The zero-order chi connectivity index (χ0) is 31.0. The Morgan fingerprint density at radius 1 is 0.349 bits per heavy atom. The number of carboxylic acids is 4. The first kappa shape index (κ1) is 30.4. The number of rotatable bonds is 8. The fourth-order valence-corrected chi connectivity index (χ4v) is 9.83. The first-order valence-electron chi connectivity index (χ1n) is 13.0. The maximum atomic E-state index is 10.8. The predicted octanol–water partition coefficient (Wildman–Crippen LogP) is 4.52. The van der Waals surface area contributed by atoms with Gasteiger partial charge in [-0.25, -0.2) is 19.2 Å². The monoisotopic (exact) mass is 594 g/mol. The van der Waals surface area contributed by atoms with E-state index in [9.17, 15) is 19.2 Å². The molecule has 43 heavy (non-hydrogen) atoms. The van der Waals surface area contributed by atoms with Crippen molar-refractivity contribution in [2.24, 2.45) is 0 Å². The number of aromatic carboxylic acids is 4. The number of hydrogen-bond donors (Lipinski definition) is 4. The van der Waals surface area contributed by atoms with Crippen LogP contribution in [0.2, 0.25) is 0 Å². The molecular formula is C34H27O8P. The molecule has 5 aromatic rings. The van der Waals surface area contributed by atoms with Crippen LogP contribution in [0.5, 0.6) is 0 Å². The van der Waals surface area contributed by atoms with E-state index < -0.39 is 53.4 Å². The molecule has 4 N–H and O–H groups in total. The van der Waals surface area contributed by atoms with Gasteiger partial charge in [0, 0.05) is 0 Å². The number of carboxylic acid groups (broad SMARTS) is 4. The van der Waals surface area contributed by atoms with Crippen molar-refractivity contribution in [2.75, 3.05) is 0 Å². The normalized spacial score (nSPS) is 11.0. The quantitative estimate of drug-likeness (QED) is 0.192. The van der Waals surface area contributed by atoms with Crippen LogP contribution in [-0.4, -0.2) is 44.3 Å². The summed E-state index contributed by atoms with van der Waals surface area (Å²) in [5.41, 5.74) is -3.15. The van der Waals surface area contributed by atoms with E-state index in [-0.39, 0.29) is 0 Å². The summed E-state index contributed by atoms with van der Waals surface area (Å²) in [7, 11) is -2.30. The second-order valence-corrected chi connectivity index (χ2v) is 13.2. The molecule has 5 aromatic carbocycles. The molecule has 0 fully saturated rings. The van der Waals surface area contributed by atoms with Crippen molar-refractivity contribution in [1.29, 1.82) is 0 Å². The number of benzene rings is 5. The average Bonchev–Trinajstić information content (AvgIpc) is 3.03. The summed E-state index contributed by atoms with van der Waals surface area (Å²) in [5.74, 6) is -6.64. The standard InChI is InChI=1S/C24H21P.C10H6O8/c1-5-13-21(14-6-1)25(22-15-7-2-8-16-22,23-17-9-3-10-18-23)24-19-11-4-12-20-24;11-7(12)3-1-4(8(13)14)6(10(17)18)2-5(3)9(15)16/h1-20,25H;1-2H,(H,11,12)(H,13,14)(H,15,16)(H,17,18). The van der Waals surface area contributed by atoms with Gasteiger partial charge >= 0.3 is 174 Å². The Balaban J connectivity index is 0.000000209. The van der Waals surface area contributed by atoms with Gasteiger partial charge in [-0.3, -0.25) is 0 Å². The van der Waals surface area contributed by atoms with Gasteiger partial charge in [-0.15, -0.1) is 0 Å². The molecule has 0 radical (unpaired) electrons. The van der Waals surface area contributed by atoms with Gasteiger partial charge in [-0.05, 0) is 12.1 Å². The summed E-state index contributed by atoms with van der Waals surface area (Å²) < 4.78 is 0. The molecule has 216 valence electrons. The first-order chi connectivity index (χ1) is 20.7. The number of carbonyl (C=O) groups is 4. The molecule has 0 heterocycles. The van der Waals surface area contributed by atoms with Crippen molar-refractivity contribution >= 4 is 52.4 Å². The molecule has 0 bridgehead atoms. The molecule has 5 rings (SSSR count). The van der Waals surface area contributed by atoms with Gasteiger partial charge in [0.15, 0.2) is 0 Å². The van der Waals surface area contributed by atoms with Crippen LogP contribution in [-0.2, 0) is 0 Å². The Hall–Kier alpha value is -5.59. The minimum absolute atomic E-state index is 0.511. The summed E-state index contributed by atoms with van der Waals surface area (Å²) >= 11 is 0. The molecule has 9 heteroatoms. The molecule has 0 aromatic heterocycles. The Kier molecular flexibility index (Phi) is 9.45. The van der Waals surface area contributed by atoms with Crippen molar-refractivity contribution < 1.29 is 39.6 Å². The van der Waals surface area contributed by atoms with Crippen molar-refractivity contribution in [3.05, 3.63) is 156 Å². The van der Waals surface area contributed by atoms with Gasteiger partial charge in [0.1, 0.15) is 0 Å². The van der Waals surface area contributed by atoms with Crippen molar-refractivity contribution in [3.63, 3.8) is 0 Å².